The van der Waals surface area contributed by atoms with Gasteiger partial charge in [0, 0.05) is 0 Å². The van der Waals surface area contributed by atoms with Crippen molar-refractivity contribution < 1.29 is 5.11 Å². The van der Waals surface area contributed by atoms with Crippen molar-refractivity contribution in [2.45, 2.75) is 91.6 Å². The molecule has 1 aliphatic rings. The average molecular weight is 242 g/mol. The molecular formula is C16H34O. The van der Waals surface area contributed by atoms with Gasteiger partial charge >= 0.3 is 0 Å². The molecule has 0 radical (unpaired) electrons. The number of rotatable bonds is 4. The lowest BCUT2D eigenvalue weighted by Gasteiger charge is -2.32. The summed E-state index contributed by atoms with van der Waals surface area (Å²) in [7, 11) is 0. The van der Waals surface area contributed by atoms with Crippen LogP contribution in [0.15, 0.2) is 0 Å². The van der Waals surface area contributed by atoms with E-state index in [4.69, 9.17) is 0 Å². The molecule has 0 aromatic heterocycles. The molecular weight excluding hydrogens is 208 g/mol. The Hall–Kier alpha value is -0.0400. The molecule has 0 aromatic rings. The summed E-state index contributed by atoms with van der Waals surface area (Å²) in [6.45, 7) is 11.0. The third-order valence-corrected chi connectivity index (χ3v) is 3.21. The van der Waals surface area contributed by atoms with Gasteiger partial charge < -0.3 is 5.11 Å². The van der Waals surface area contributed by atoms with Gasteiger partial charge in [0.1, 0.15) is 0 Å². The largest absolute Gasteiger partial charge is 0.390 e. The van der Waals surface area contributed by atoms with E-state index in [1.165, 1.54) is 32.1 Å². The maximum absolute atomic E-state index is 10.2. The van der Waals surface area contributed by atoms with E-state index < -0.39 is 0 Å². The average Bonchev–Trinajstić information content (AvgIpc) is 2.16. The van der Waals surface area contributed by atoms with E-state index in [9.17, 15) is 5.11 Å². The zero-order valence-corrected chi connectivity index (χ0v) is 12.8. The minimum Gasteiger partial charge on any atom is -0.390 e. The number of hydrogen-bond donors (Lipinski definition) is 1. The molecule has 17 heavy (non-hydrogen) atoms. The van der Waals surface area contributed by atoms with E-state index in [2.05, 4.69) is 34.6 Å². The summed E-state index contributed by atoms with van der Waals surface area (Å²) >= 11 is 0. The van der Waals surface area contributed by atoms with Gasteiger partial charge in [-0.05, 0) is 31.1 Å². The summed E-state index contributed by atoms with van der Waals surface area (Å²) < 4.78 is 0. The van der Waals surface area contributed by atoms with Crippen LogP contribution in [0.25, 0.3) is 0 Å². The normalized spacial score (nSPS) is 19.1. The van der Waals surface area contributed by atoms with E-state index in [0.717, 1.165) is 31.1 Å². The zero-order valence-electron chi connectivity index (χ0n) is 12.8. The lowest BCUT2D eigenvalue weighted by molar-refractivity contribution is -0.00636. The van der Waals surface area contributed by atoms with E-state index in [-0.39, 0.29) is 5.60 Å². The van der Waals surface area contributed by atoms with Crippen molar-refractivity contribution in [2.24, 2.45) is 11.8 Å². The van der Waals surface area contributed by atoms with E-state index >= 15 is 0 Å². The minimum atomic E-state index is -0.285. The Morgan fingerprint density at radius 2 is 1.41 bits per heavy atom. The second kappa shape index (κ2) is 8.97. The lowest BCUT2D eigenvalue weighted by Crippen LogP contribution is -2.31. The first-order valence-electron chi connectivity index (χ1n) is 7.58. The molecule has 0 spiro atoms. The molecule has 0 amide bonds. The summed E-state index contributed by atoms with van der Waals surface area (Å²) in [5.41, 5.74) is -0.285. The van der Waals surface area contributed by atoms with Gasteiger partial charge in [0.2, 0.25) is 0 Å². The summed E-state index contributed by atoms with van der Waals surface area (Å²) in [5, 5.41) is 10.2. The predicted octanol–water partition coefficient (Wildman–Crippen LogP) is 5.17. The molecule has 0 heterocycles. The van der Waals surface area contributed by atoms with Crippen molar-refractivity contribution in [1.82, 2.24) is 0 Å². The lowest BCUT2D eigenvalue weighted by atomic mass is 9.81. The van der Waals surface area contributed by atoms with Gasteiger partial charge in [0.25, 0.3) is 0 Å². The van der Waals surface area contributed by atoms with Crippen LogP contribution in [-0.2, 0) is 0 Å². The third kappa shape index (κ3) is 10.8. The van der Waals surface area contributed by atoms with Crippen LogP contribution in [0.3, 0.4) is 0 Å². The molecule has 1 fully saturated rings. The number of aliphatic hydroxyl groups is 1. The molecule has 104 valence electrons. The molecule has 0 unspecified atom stereocenters. The Labute approximate surface area is 109 Å². The highest BCUT2D eigenvalue weighted by atomic mass is 16.3. The van der Waals surface area contributed by atoms with Crippen molar-refractivity contribution in [3.05, 3.63) is 0 Å². The highest BCUT2D eigenvalue weighted by molar-refractivity contribution is 4.81. The predicted molar refractivity (Wildman–Crippen MR) is 77.2 cm³/mol. The molecule has 1 rings (SSSR count). The molecule has 1 heteroatoms. The van der Waals surface area contributed by atoms with Crippen LogP contribution in [-0.4, -0.2) is 10.7 Å². The Bertz CT molecular complexity index is 164. The van der Waals surface area contributed by atoms with Crippen LogP contribution >= 0.6 is 0 Å². The Morgan fingerprint density at radius 1 is 0.941 bits per heavy atom. The monoisotopic (exact) mass is 242 g/mol. The summed E-state index contributed by atoms with van der Waals surface area (Å²) in [6, 6.07) is 0. The molecule has 0 aromatic carbocycles. The SMILES string of the molecule is CC(C)C.CC(C)CCCC1(O)CCCCC1. The van der Waals surface area contributed by atoms with Crippen molar-refractivity contribution in [3.63, 3.8) is 0 Å². The first-order chi connectivity index (χ1) is 7.86. The maximum atomic E-state index is 10.2. The van der Waals surface area contributed by atoms with Crippen LogP contribution in [0.4, 0.5) is 0 Å². The van der Waals surface area contributed by atoms with Crippen LogP contribution in [0, 0.1) is 11.8 Å². The van der Waals surface area contributed by atoms with E-state index in [1.807, 2.05) is 0 Å². The summed E-state index contributed by atoms with van der Waals surface area (Å²) in [5.74, 6) is 1.62. The highest BCUT2D eigenvalue weighted by Gasteiger charge is 2.28. The van der Waals surface area contributed by atoms with Crippen LogP contribution in [0.5, 0.6) is 0 Å². The fraction of sp³-hybridized carbons (Fsp3) is 1.00. The maximum Gasteiger partial charge on any atom is 0.0647 e. The topological polar surface area (TPSA) is 20.2 Å². The molecule has 1 N–H and O–H groups in total. The quantitative estimate of drug-likeness (QED) is 0.721. The van der Waals surface area contributed by atoms with Crippen molar-refractivity contribution >= 4 is 0 Å². The van der Waals surface area contributed by atoms with E-state index in [1.54, 1.807) is 0 Å². The van der Waals surface area contributed by atoms with Crippen LogP contribution in [0.2, 0.25) is 0 Å². The second-order valence-electron chi connectivity index (χ2n) is 6.80. The van der Waals surface area contributed by atoms with Gasteiger partial charge in [0.05, 0.1) is 5.60 Å². The molecule has 0 bridgehead atoms. The van der Waals surface area contributed by atoms with Gasteiger partial charge in [-0.25, -0.2) is 0 Å². The summed E-state index contributed by atoms with van der Waals surface area (Å²) in [4.78, 5) is 0. The fourth-order valence-corrected chi connectivity index (χ4v) is 2.30. The Morgan fingerprint density at radius 3 is 1.82 bits per heavy atom. The van der Waals surface area contributed by atoms with Crippen molar-refractivity contribution in [1.29, 1.82) is 0 Å². The molecule has 1 nitrogen and oxygen atoms in total. The standard InChI is InChI=1S/C12H24O.C4H10/c1-11(2)7-6-10-12(13)8-4-3-5-9-12;1-4(2)3/h11,13H,3-10H2,1-2H3;4H,1-3H3. The van der Waals surface area contributed by atoms with E-state index in [0.29, 0.717) is 0 Å². The zero-order chi connectivity index (χ0) is 13.3. The summed E-state index contributed by atoms with van der Waals surface area (Å²) in [6.07, 6.45) is 9.39. The van der Waals surface area contributed by atoms with Crippen molar-refractivity contribution in [2.75, 3.05) is 0 Å². The van der Waals surface area contributed by atoms with Gasteiger partial charge in [-0.1, -0.05) is 66.7 Å². The van der Waals surface area contributed by atoms with Gasteiger partial charge in [-0.15, -0.1) is 0 Å². The van der Waals surface area contributed by atoms with Crippen LogP contribution in [0.1, 0.15) is 86.0 Å². The van der Waals surface area contributed by atoms with Gasteiger partial charge in [-0.2, -0.15) is 0 Å². The van der Waals surface area contributed by atoms with Crippen LogP contribution < -0.4 is 0 Å². The molecule has 0 atom stereocenters. The second-order valence-corrected chi connectivity index (χ2v) is 6.80. The molecule has 1 aliphatic carbocycles. The first-order valence-corrected chi connectivity index (χ1v) is 7.58. The first kappa shape index (κ1) is 17.0. The van der Waals surface area contributed by atoms with Crippen molar-refractivity contribution in [3.8, 4) is 0 Å². The Balaban J connectivity index is 0.000000557. The smallest absolute Gasteiger partial charge is 0.0647 e. The van der Waals surface area contributed by atoms with Gasteiger partial charge in [-0.3, -0.25) is 0 Å². The Kier molecular flexibility index (Phi) is 8.94. The minimum absolute atomic E-state index is 0.285. The molecule has 1 saturated carbocycles. The molecule has 0 aliphatic heterocycles. The third-order valence-electron chi connectivity index (χ3n) is 3.21. The fourth-order valence-electron chi connectivity index (χ4n) is 2.30. The van der Waals surface area contributed by atoms with Gasteiger partial charge in [0.15, 0.2) is 0 Å². The number of hydrogen-bond acceptors (Lipinski definition) is 1. The highest BCUT2D eigenvalue weighted by Crippen LogP contribution is 2.32. The molecule has 0 saturated heterocycles.